The minimum absolute atomic E-state index is 0.0737. The van der Waals surface area contributed by atoms with Crippen LogP contribution in [-0.2, 0) is 4.74 Å². The number of nitrogens with zero attached hydrogens (tertiary/aromatic N) is 1. The molecule has 0 bridgehead atoms. The summed E-state index contributed by atoms with van der Waals surface area (Å²) in [6, 6.07) is 5.27. The van der Waals surface area contributed by atoms with Gasteiger partial charge in [-0.05, 0) is 41.9 Å². The van der Waals surface area contributed by atoms with Gasteiger partial charge in [0.1, 0.15) is 28.7 Å². The van der Waals surface area contributed by atoms with Crippen LogP contribution in [0.5, 0.6) is 5.75 Å². The van der Waals surface area contributed by atoms with Crippen molar-refractivity contribution in [3.05, 3.63) is 27.9 Å². The Morgan fingerprint density at radius 3 is 2.90 bits per heavy atom. The second-order valence-corrected chi connectivity index (χ2v) is 4.83. The van der Waals surface area contributed by atoms with Gasteiger partial charge in [0.25, 0.3) is 0 Å². The molecule has 2 rings (SSSR count). The average Bonchev–Trinajstić information content (AvgIpc) is 2.71. The number of ether oxygens (including phenoxy) is 2. The van der Waals surface area contributed by atoms with Crippen LogP contribution in [0.25, 0.3) is 11.0 Å². The van der Waals surface area contributed by atoms with Gasteiger partial charge in [-0.1, -0.05) is 0 Å². The predicted molar refractivity (Wildman–Crippen MR) is 75.7 cm³/mol. The van der Waals surface area contributed by atoms with Gasteiger partial charge in [0, 0.05) is 5.39 Å². The minimum Gasteiger partial charge on any atom is -0.478 e. The van der Waals surface area contributed by atoms with Crippen LogP contribution in [0, 0.1) is 18.3 Å². The molecule has 0 saturated heterocycles. The van der Waals surface area contributed by atoms with Crippen LogP contribution in [0.15, 0.2) is 21.0 Å². The fraction of sp³-hybridized carbons (Fsp3) is 0.286. The standard InChI is InChI=1S/C14H12BrNO4/c1-3-18-14(17)13-8(2)20-11-7-10(15)12(6-9(11)13)19-5-4-16/h6-7H,3,5H2,1-2H3. The Morgan fingerprint density at radius 2 is 2.25 bits per heavy atom. The molecule has 0 radical (unpaired) electrons. The Labute approximate surface area is 124 Å². The summed E-state index contributed by atoms with van der Waals surface area (Å²) in [6.45, 7) is 3.67. The van der Waals surface area contributed by atoms with Crippen molar-refractivity contribution in [1.82, 2.24) is 0 Å². The van der Waals surface area contributed by atoms with Gasteiger partial charge in [-0.3, -0.25) is 0 Å². The molecule has 0 spiro atoms. The third-order valence-corrected chi connectivity index (χ3v) is 3.31. The van der Waals surface area contributed by atoms with Gasteiger partial charge in [0.05, 0.1) is 11.1 Å². The van der Waals surface area contributed by atoms with E-state index >= 15 is 0 Å². The van der Waals surface area contributed by atoms with Crippen LogP contribution < -0.4 is 4.74 Å². The molecule has 0 amide bonds. The number of furan rings is 1. The van der Waals surface area contributed by atoms with Crippen molar-refractivity contribution in [2.75, 3.05) is 13.2 Å². The van der Waals surface area contributed by atoms with Crippen LogP contribution in [0.3, 0.4) is 0 Å². The Kier molecular flexibility index (Phi) is 4.30. The number of benzene rings is 1. The third-order valence-electron chi connectivity index (χ3n) is 2.69. The van der Waals surface area contributed by atoms with Gasteiger partial charge < -0.3 is 13.9 Å². The number of hydrogen-bond donors (Lipinski definition) is 0. The van der Waals surface area contributed by atoms with Crippen LogP contribution in [0.4, 0.5) is 0 Å². The zero-order valence-corrected chi connectivity index (χ0v) is 12.6. The number of rotatable bonds is 4. The van der Waals surface area contributed by atoms with E-state index in [1.807, 2.05) is 6.07 Å². The number of esters is 1. The Balaban J connectivity index is 2.55. The zero-order chi connectivity index (χ0) is 14.7. The number of nitriles is 1. The number of carbonyl (C=O) groups excluding carboxylic acids is 1. The Hall–Kier alpha value is -2.00. The molecule has 6 heteroatoms. The molecule has 0 N–H and O–H groups in total. The topological polar surface area (TPSA) is 72.5 Å². The lowest BCUT2D eigenvalue weighted by Gasteiger charge is -2.05. The van der Waals surface area contributed by atoms with E-state index in [1.54, 1.807) is 26.0 Å². The largest absolute Gasteiger partial charge is 0.478 e. The van der Waals surface area contributed by atoms with Gasteiger partial charge in [-0.2, -0.15) is 5.26 Å². The molecule has 0 aliphatic carbocycles. The lowest BCUT2D eigenvalue weighted by atomic mass is 10.1. The molecule has 0 atom stereocenters. The van der Waals surface area contributed by atoms with Crippen molar-refractivity contribution >= 4 is 32.9 Å². The van der Waals surface area contributed by atoms with Crippen molar-refractivity contribution in [3.63, 3.8) is 0 Å². The number of fused-ring (bicyclic) bond motifs is 1. The molecule has 0 fully saturated rings. The molecule has 5 nitrogen and oxygen atoms in total. The monoisotopic (exact) mass is 337 g/mol. The minimum atomic E-state index is -0.433. The van der Waals surface area contributed by atoms with Crippen LogP contribution in [0.2, 0.25) is 0 Å². The van der Waals surface area contributed by atoms with E-state index in [4.69, 9.17) is 19.2 Å². The van der Waals surface area contributed by atoms with Crippen molar-refractivity contribution in [1.29, 1.82) is 5.26 Å². The molecular formula is C14H12BrNO4. The summed E-state index contributed by atoms with van der Waals surface area (Å²) >= 11 is 3.34. The first-order chi connectivity index (χ1) is 9.58. The van der Waals surface area contributed by atoms with E-state index in [0.29, 0.717) is 39.1 Å². The molecular weight excluding hydrogens is 326 g/mol. The summed E-state index contributed by atoms with van der Waals surface area (Å²) in [5.74, 6) is 0.533. The van der Waals surface area contributed by atoms with Gasteiger partial charge in [0.15, 0.2) is 6.61 Å². The summed E-state index contributed by atoms with van der Waals surface area (Å²) in [7, 11) is 0. The zero-order valence-electron chi connectivity index (χ0n) is 11.0. The normalized spacial score (nSPS) is 10.3. The SMILES string of the molecule is CCOC(=O)c1c(C)oc2cc(Br)c(OCC#N)cc12. The quantitative estimate of drug-likeness (QED) is 0.797. The molecule has 20 heavy (non-hydrogen) atoms. The fourth-order valence-corrected chi connectivity index (χ4v) is 2.33. The van der Waals surface area contributed by atoms with Crippen molar-refractivity contribution < 1.29 is 18.7 Å². The van der Waals surface area contributed by atoms with Crippen LogP contribution in [0.1, 0.15) is 23.0 Å². The summed E-state index contributed by atoms with van der Waals surface area (Å²) in [5.41, 5.74) is 0.942. The molecule has 2 aromatic rings. The summed E-state index contributed by atoms with van der Waals surface area (Å²) in [6.07, 6.45) is 0. The van der Waals surface area contributed by atoms with Crippen LogP contribution >= 0.6 is 15.9 Å². The smallest absolute Gasteiger partial charge is 0.342 e. The Morgan fingerprint density at radius 1 is 1.50 bits per heavy atom. The second-order valence-electron chi connectivity index (χ2n) is 3.98. The van der Waals surface area contributed by atoms with Crippen LogP contribution in [-0.4, -0.2) is 19.2 Å². The third kappa shape index (κ3) is 2.63. The molecule has 0 aliphatic heterocycles. The second kappa shape index (κ2) is 5.97. The van der Waals surface area contributed by atoms with E-state index in [2.05, 4.69) is 15.9 Å². The summed E-state index contributed by atoms with van der Waals surface area (Å²) < 4.78 is 16.5. The highest BCUT2D eigenvalue weighted by Crippen LogP contribution is 2.35. The lowest BCUT2D eigenvalue weighted by molar-refractivity contribution is 0.0526. The predicted octanol–water partition coefficient (Wildman–Crippen LogP) is 3.58. The van der Waals surface area contributed by atoms with E-state index < -0.39 is 5.97 Å². The maximum Gasteiger partial charge on any atom is 0.342 e. The molecule has 104 valence electrons. The highest BCUT2D eigenvalue weighted by Gasteiger charge is 2.21. The molecule has 1 heterocycles. The van der Waals surface area contributed by atoms with Gasteiger partial charge in [-0.15, -0.1) is 0 Å². The van der Waals surface area contributed by atoms with Gasteiger partial charge in [0.2, 0.25) is 0 Å². The molecule has 0 saturated carbocycles. The molecule has 0 unspecified atom stereocenters. The first kappa shape index (κ1) is 14.4. The maximum atomic E-state index is 12.0. The van der Waals surface area contributed by atoms with Gasteiger partial charge in [-0.25, -0.2) is 4.79 Å². The Bertz CT molecular complexity index is 699. The van der Waals surface area contributed by atoms with E-state index in [0.717, 1.165) is 0 Å². The highest BCUT2D eigenvalue weighted by atomic mass is 79.9. The molecule has 0 aliphatic rings. The first-order valence-electron chi connectivity index (χ1n) is 5.98. The van der Waals surface area contributed by atoms with E-state index in [9.17, 15) is 4.79 Å². The van der Waals surface area contributed by atoms with Crippen molar-refractivity contribution in [3.8, 4) is 11.8 Å². The van der Waals surface area contributed by atoms with Crippen molar-refractivity contribution in [2.24, 2.45) is 0 Å². The van der Waals surface area contributed by atoms with E-state index in [-0.39, 0.29) is 6.61 Å². The summed E-state index contributed by atoms with van der Waals surface area (Å²) in [5, 5.41) is 9.17. The number of aryl methyl sites for hydroxylation is 1. The first-order valence-corrected chi connectivity index (χ1v) is 6.77. The van der Waals surface area contributed by atoms with E-state index in [1.165, 1.54) is 0 Å². The number of carbonyl (C=O) groups is 1. The number of halogens is 1. The van der Waals surface area contributed by atoms with Crippen molar-refractivity contribution in [2.45, 2.75) is 13.8 Å². The van der Waals surface area contributed by atoms with Gasteiger partial charge >= 0.3 is 5.97 Å². The summed E-state index contributed by atoms with van der Waals surface area (Å²) in [4.78, 5) is 12.0. The highest BCUT2D eigenvalue weighted by molar-refractivity contribution is 9.10. The lowest BCUT2D eigenvalue weighted by Crippen LogP contribution is -2.05. The number of hydrogen-bond acceptors (Lipinski definition) is 5. The fourth-order valence-electron chi connectivity index (χ4n) is 1.90. The maximum absolute atomic E-state index is 12.0. The average molecular weight is 338 g/mol. The molecule has 1 aromatic heterocycles. The molecule has 1 aromatic carbocycles.